The molecule has 0 unspecified atom stereocenters. The number of H-pyrrole nitrogens is 1. The van der Waals surface area contributed by atoms with E-state index in [0.717, 1.165) is 0 Å². The number of hydrogen-bond donors (Lipinski definition) is 2. The van der Waals surface area contributed by atoms with Crippen LogP contribution >= 0.6 is 11.6 Å². The van der Waals surface area contributed by atoms with Crippen molar-refractivity contribution in [2.24, 2.45) is 0 Å². The van der Waals surface area contributed by atoms with Crippen LogP contribution in [-0.2, 0) is 0 Å². The van der Waals surface area contributed by atoms with Crippen LogP contribution in [0.5, 0.6) is 0 Å². The van der Waals surface area contributed by atoms with Gasteiger partial charge in [0.05, 0.1) is 5.54 Å². The number of aromatic nitrogens is 1. The Hall–Kier alpha value is -1.56. The van der Waals surface area contributed by atoms with Gasteiger partial charge < -0.3 is 15.4 Å². The molecule has 7 heteroatoms. The first-order chi connectivity index (χ1) is 8.48. The van der Waals surface area contributed by atoms with E-state index in [1.54, 1.807) is 0 Å². The van der Waals surface area contributed by atoms with Gasteiger partial charge >= 0.3 is 5.82 Å². The van der Waals surface area contributed by atoms with Gasteiger partial charge in [0, 0.05) is 11.9 Å². The number of rotatable bonds is 6. The van der Waals surface area contributed by atoms with Crippen molar-refractivity contribution >= 4 is 23.3 Å². The smallest absolute Gasteiger partial charge is 0.321 e. The van der Waals surface area contributed by atoms with Gasteiger partial charge in [-0.25, -0.2) is 4.98 Å². The Labute approximate surface area is 110 Å². The highest BCUT2D eigenvalue weighted by molar-refractivity contribution is 6.18. The summed E-state index contributed by atoms with van der Waals surface area (Å²) in [6, 6.07) is 2.65. The minimum atomic E-state index is -0.578. The van der Waals surface area contributed by atoms with Gasteiger partial charge in [0.1, 0.15) is 0 Å². The van der Waals surface area contributed by atoms with Crippen LogP contribution < -0.4 is 5.32 Å². The van der Waals surface area contributed by atoms with Crippen molar-refractivity contribution in [2.75, 3.05) is 5.88 Å². The second-order valence-electron chi connectivity index (χ2n) is 4.09. The van der Waals surface area contributed by atoms with Gasteiger partial charge in [0.2, 0.25) is 0 Å². The molecule has 18 heavy (non-hydrogen) atoms. The Morgan fingerprint density at radius 1 is 1.50 bits per heavy atom. The molecule has 100 valence electrons. The lowest BCUT2D eigenvalue weighted by Crippen LogP contribution is -2.49. The molecule has 0 aliphatic rings. The number of nitro groups is 1. The average Bonchev–Trinajstić information content (AvgIpc) is 2.86. The molecule has 1 heterocycles. The zero-order chi connectivity index (χ0) is 13.8. The Kier molecular flexibility index (Phi) is 4.72. The Morgan fingerprint density at radius 3 is 2.50 bits per heavy atom. The molecule has 1 aromatic heterocycles. The molecule has 6 nitrogen and oxygen atoms in total. The quantitative estimate of drug-likeness (QED) is 0.474. The van der Waals surface area contributed by atoms with Crippen molar-refractivity contribution in [3.05, 3.63) is 27.9 Å². The molecular weight excluding hydrogens is 258 g/mol. The van der Waals surface area contributed by atoms with Crippen molar-refractivity contribution in [3.8, 4) is 0 Å². The number of aromatic amines is 1. The summed E-state index contributed by atoms with van der Waals surface area (Å²) < 4.78 is 0. The summed E-state index contributed by atoms with van der Waals surface area (Å²) in [6.45, 7) is 3.87. The molecule has 0 aromatic carbocycles. The first kappa shape index (κ1) is 14.5. The van der Waals surface area contributed by atoms with Gasteiger partial charge in [-0.05, 0) is 23.8 Å². The normalized spacial score (nSPS) is 11.3. The van der Waals surface area contributed by atoms with Gasteiger partial charge in [-0.1, -0.05) is 13.8 Å². The summed E-state index contributed by atoms with van der Waals surface area (Å²) in [5, 5.41) is 13.3. The maximum atomic E-state index is 11.9. The third-order valence-corrected chi connectivity index (χ3v) is 3.61. The summed E-state index contributed by atoms with van der Waals surface area (Å²) in [5.74, 6) is -0.286. The second kappa shape index (κ2) is 5.86. The largest absolute Gasteiger partial charge is 0.358 e. The maximum Gasteiger partial charge on any atom is 0.321 e. The molecule has 0 fully saturated rings. The van der Waals surface area contributed by atoms with E-state index in [9.17, 15) is 14.9 Å². The third kappa shape index (κ3) is 3.01. The standard InChI is InChI=1S/C11H16ClN3O3/c1-3-11(4-2,7-12)14-10(16)8-5-6-9(13-8)15(17)18/h5-6,13H,3-4,7H2,1-2H3,(H,14,16). The molecule has 0 spiro atoms. The number of carbonyl (C=O) groups is 1. The Balaban J connectivity index is 2.84. The number of hydrogen-bond acceptors (Lipinski definition) is 3. The summed E-state index contributed by atoms with van der Waals surface area (Å²) in [5.41, 5.74) is -0.309. The topological polar surface area (TPSA) is 88.0 Å². The van der Waals surface area contributed by atoms with E-state index < -0.39 is 10.5 Å². The zero-order valence-corrected chi connectivity index (χ0v) is 11.1. The summed E-state index contributed by atoms with van der Waals surface area (Å²) in [7, 11) is 0. The third-order valence-electron chi connectivity index (χ3n) is 3.10. The molecule has 0 bridgehead atoms. The minimum Gasteiger partial charge on any atom is -0.358 e. The molecule has 0 saturated carbocycles. The summed E-state index contributed by atoms with van der Waals surface area (Å²) in [4.78, 5) is 24.3. The van der Waals surface area contributed by atoms with Crippen molar-refractivity contribution in [2.45, 2.75) is 32.2 Å². The molecule has 1 rings (SSSR count). The predicted octanol–water partition coefficient (Wildman–Crippen LogP) is 2.45. The Morgan fingerprint density at radius 2 is 2.11 bits per heavy atom. The van der Waals surface area contributed by atoms with Crippen LogP contribution in [0.4, 0.5) is 5.82 Å². The predicted molar refractivity (Wildman–Crippen MR) is 68.9 cm³/mol. The molecule has 1 amide bonds. The molecule has 0 aliphatic carbocycles. The molecule has 0 saturated heterocycles. The molecule has 2 N–H and O–H groups in total. The summed E-state index contributed by atoms with van der Waals surface area (Å²) in [6.07, 6.45) is 1.39. The van der Waals surface area contributed by atoms with E-state index in [-0.39, 0.29) is 17.4 Å². The molecule has 1 aromatic rings. The fraction of sp³-hybridized carbons (Fsp3) is 0.545. The number of alkyl halides is 1. The van der Waals surface area contributed by atoms with Crippen LogP contribution in [-0.4, -0.2) is 27.2 Å². The van der Waals surface area contributed by atoms with Gasteiger partial charge in [-0.2, -0.15) is 0 Å². The van der Waals surface area contributed by atoms with E-state index in [1.807, 2.05) is 13.8 Å². The number of nitrogens with one attached hydrogen (secondary N) is 2. The lowest BCUT2D eigenvalue weighted by atomic mass is 9.95. The minimum absolute atomic E-state index is 0.165. The van der Waals surface area contributed by atoms with Crippen LogP contribution in [0.1, 0.15) is 37.2 Å². The van der Waals surface area contributed by atoms with Crippen LogP contribution in [0.2, 0.25) is 0 Å². The fourth-order valence-corrected chi connectivity index (χ4v) is 2.02. The van der Waals surface area contributed by atoms with Gasteiger partial charge in [0.25, 0.3) is 5.91 Å². The van der Waals surface area contributed by atoms with Crippen molar-refractivity contribution in [3.63, 3.8) is 0 Å². The van der Waals surface area contributed by atoms with E-state index in [4.69, 9.17) is 11.6 Å². The highest BCUT2D eigenvalue weighted by Gasteiger charge is 2.29. The van der Waals surface area contributed by atoms with Crippen LogP contribution in [0.25, 0.3) is 0 Å². The molecule has 0 aliphatic heterocycles. The average molecular weight is 274 g/mol. The second-order valence-corrected chi connectivity index (χ2v) is 4.36. The van der Waals surface area contributed by atoms with E-state index in [1.165, 1.54) is 12.1 Å². The fourth-order valence-electron chi connectivity index (χ4n) is 1.58. The summed E-state index contributed by atoms with van der Waals surface area (Å²) >= 11 is 5.88. The van der Waals surface area contributed by atoms with Crippen LogP contribution in [0.3, 0.4) is 0 Å². The highest BCUT2D eigenvalue weighted by atomic mass is 35.5. The van der Waals surface area contributed by atoms with Gasteiger partial charge in [0.15, 0.2) is 5.69 Å². The number of nitrogens with zero attached hydrogens (tertiary/aromatic N) is 1. The van der Waals surface area contributed by atoms with Crippen LogP contribution in [0.15, 0.2) is 12.1 Å². The Bertz CT molecular complexity index is 432. The van der Waals surface area contributed by atoms with Crippen molar-refractivity contribution in [1.82, 2.24) is 10.3 Å². The van der Waals surface area contributed by atoms with E-state index in [2.05, 4.69) is 10.3 Å². The number of halogens is 1. The van der Waals surface area contributed by atoms with E-state index >= 15 is 0 Å². The first-order valence-electron chi connectivity index (χ1n) is 5.70. The lowest BCUT2D eigenvalue weighted by molar-refractivity contribution is -0.389. The molecule has 0 radical (unpaired) electrons. The van der Waals surface area contributed by atoms with Gasteiger partial charge in [-0.15, -0.1) is 11.6 Å². The zero-order valence-electron chi connectivity index (χ0n) is 10.3. The SMILES string of the molecule is CCC(CC)(CCl)NC(=O)c1ccc([N+](=O)[O-])[nH]1. The van der Waals surface area contributed by atoms with Crippen molar-refractivity contribution in [1.29, 1.82) is 0 Å². The maximum absolute atomic E-state index is 11.9. The van der Waals surface area contributed by atoms with Crippen LogP contribution in [0, 0.1) is 10.1 Å². The number of carbonyl (C=O) groups excluding carboxylic acids is 1. The molecule has 0 atom stereocenters. The van der Waals surface area contributed by atoms with E-state index in [0.29, 0.717) is 18.7 Å². The monoisotopic (exact) mass is 273 g/mol. The first-order valence-corrected chi connectivity index (χ1v) is 6.23. The van der Waals surface area contributed by atoms with Gasteiger partial charge in [-0.3, -0.25) is 4.79 Å². The number of amides is 1. The molecular formula is C11H16ClN3O3. The lowest BCUT2D eigenvalue weighted by Gasteiger charge is -2.29. The van der Waals surface area contributed by atoms with Crippen molar-refractivity contribution < 1.29 is 9.72 Å². The highest BCUT2D eigenvalue weighted by Crippen LogP contribution is 2.18.